The topological polar surface area (TPSA) is 52.3 Å². The first-order valence-electron chi connectivity index (χ1n) is 6.03. The van der Waals surface area contributed by atoms with E-state index in [1.165, 1.54) is 6.08 Å². The average Bonchev–Trinajstić information content (AvgIpc) is 3.11. The first-order chi connectivity index (χ1) is 9.81. The van der Waals surface area contributed by atoms with Crippen molar-refractivity contribution in [2.24, 2.45) is 0 Å². The molecule has 0 saturated heterocycles. The van der Waals surface area contributed by atoms with Gasteiger partial charge in [0, 0.05) is 6.08 Å². The summed E-state index contributed by atoms with van der Waals surface area (Å²) in [5, 5.41) is 3.90. The fourth-order valence-electron chi connectivity index (χ4n) is 1.70. The molecule has 20 heavy (non-hydrogen) atoms. The number of nitrogens with zero attached hydrogens (tertiary/aromatic N) is 1. The fraction of sp³-hybridized carbons (Fsp3) is 0.0667. The van der Waals surface area contributed by atoms with Crippen LogP contribution in [0.2, 0.25) is 0 Å². The van der Waals surface area contributed by atoms with E-state index < -0.39 is 5.97 Å². The highest BCUT2D eigenvalue weighted by atomic mass is 32.1. The molecule has 0 aliphatic rings. The predicted octanol–water partition coefficient (Wildman–Crippen LogP) is 3.65. The number of thiophene rings is 1. The minimum atomic E-state index is -0.418. The van der Waals surface area contributed by atoms with Crippen LogP contribution >= 0.6 is 11.3 Å². The van der Waals surface area contributed by atoms with E-state index in [0.717, 1.165) is 11.1 Å². The van der Waals surface area contributed by atoms with Crippen molar-refractivity contribution in [3.63, 3.8) is 0 Å². The van der Waals surface area contributed by atoms with Gasteiger partial charge in [-0.25, -0.2) is 9.78 Å². The number of ether oxygens (including phenoxy) is 1. The van der Waals surface area contributed by atoms with Crippen molar-refractivity contribution in [2.75, 3.05) is 0 Å². The van der Waals surface area contributed by atoms with Crippen LogP contribution in [0.1, 0.15) is 11.5 Å². The summed E-state index contributed by atoms with van der Waals surface area (Å²) in [7, 11) is 0. The molecular weight excluding hydrogens is 274 g/mol. The van der Waals surface area contributed by atoms with Gasteiger partial charge in [-0.3, -0.25) is 0 Å². The molecular formula is C15H11NO3S. The van der Waals surface area contributed by atoms with E-state index in [0.29, 0.717) is 11.5 Å². The summed E-state index contributed by atoms with van der Waals surface area (Å²) >= 11 is 1.58. The molecule has 3 rings (SSSR count). The van der Waals surface area contributed by atoms with Crippen LogP contribution in [-0.2, 0) is 16.1 Å². The van der Waals surface area contributed by atoms with E-state index in [1.807, 2.05) is 41.1 Å². The number of fused-ring (bicyclic) bond motifs is 1. The smallest absolute Gasteiger partial charge is 0.331 e. The summed E-state index contributed by atoms with van der Waals surface area (Å²) in [4.78, 5) is 15.8. The zero-order valence-electron chi connectivity index (χ0n) is 10.5. The molecule has 0 aliphatic carbocycles. The Morgan fingerprint density at radius 3 is 3.05 bits per heavy atom. The Morgan fingerprint density at radius 1 is 1.35 bits per heavy atom. The van der Waals surface area contributed by atoms with Gasteiger partial charge in [-0.2, -0.15) is 11.3 Å². The van der Waals surface area contributed by atoms with Crippen LogP contribution in [0.25, 0.3) is 17.2 Å². The zero-order chi connectivity index (χ0) is 13.8. The lowest BCUT2D eigenvalue weighted by molar-refractivity contribution is -0.139. The van der Waals surface area contributed by atoms with Crippen LogP contribution in [0.5, 0.6) is 0 Å². The summed E-state index contributed by atoms with van der Waals surface area (Å²) < 4.78 is 10.5. The second-order valence-electron chi connectivity index (χ2n) is 4.07. The molecule has 5 heteroatoms. The Kier molecular flexibility index (Phi) is 3.60. The molecule has 0 aliphatic heterocycles. The van der Waals surface area contributed by atoms with Crippen LogP contribution in [0.4, 0.5) is 0 Å². The first-order valence-corrected chi connectivity index (χ1v) is 6.97. The number of carbonyl (C=O) groups is 1. The third-order valence-electron chi connectivity index (χ3n) is 2.63. The van der Waals surface area contributed by atoms with Crippen LogP contribution in [0, 0.1) is 0 Å². The number of para-hydroxylation sites is 2. The Balaban J connectivity index is 1.60. The van der Waals surface area contributed by atoms with Crippen molar-refractivity contribution < 1.29 is 13.9 Å². The maximum Gasteiger partial charge on any atom is 0.331 e. The standard InChI is InChI=1S/C15H11NO3S/c17-15(6-5-11-7-8-20-10-11)18-9-14-16-12-3-1-2-4-13(12)19-14/h1-8,10H,9H2/b6-5+. The molecule has 4 nitrogen and oxygen atoms in total. The van der Waals surface area contributed by atoms with Gasteiger partial charge in [-0.15, -0.1) is 0 Å². The van der Waals surface area contributed by atoms with Gasteiger partial charge in [-0.1, -0.05) is 12.1 Å². The van der Waals surface area contributed by atoms with E-state index in [1.54, 1.807) is 17.4 Å². The van der Waals surface area contributed by atoms with Gasteiger partial charge in [-0.05, 0) is 40.6 Å². The van der Waals surface area contributed by atoms with E-state index >= 15 is 0 Å². The second-order valence-corrected chi connectivity index (χ2v) is 4.85. The lowest BCUT2D eigenvalue weighted by Gasteiger charge is -1.96. The average molecular weight is 285 g/mol. The van der Waals surface area contributed by atoms with E-state index in [2.05, 4.69) is 4.98 Å². The Labute approximate surface area is 119 Å². The van der Waals surface area contributed by atoms with E-state index in [4.69, 9.17) is 9.15 Å². The van der Waals surface area contributed by atoms with Gasteiger partial charge in [0.1, 0.15) is 5.52 Å². The Bertz CT molecular complexity index is 710. The third kappa shape index (κ3) is 2.95. The van der Waals surface area contributed by atoms with Crippen LogP contribution in [0.15, 0.2) is 51.6 Å². The van der Waals surface area contributed by atoms with Gasteiger partial charge in [0.05, 0.1) is 0 Å². The molecule has 1 aromatic carbocycles. The summed E-state index contributed by atoms with van der Waals surface area (Å²) in [6.07, 6.45) is 3.11. The molecule has 0 bridgehead atoms. The summed E-state index contributed by atoms with van der Waals surface area (Å²) in [6.45, 7) is 0.0293. The van der Waals surface area contributed by atoms with Crippen molar-refractivity contribution in [2.45, 2.75) is 6.61 Å². The maximum atomic E-state index is 11.6. The number of hydrogen-bond acceptors (Lipinski definition) is 5. The lowest BCUT2D eigenvalue weighted by atomic mass is 10.3. The molecule has 0 fully saturated rings. The van der Waals surface area contributed by atoms with Gasteiger partial charge in [0.25, 0.3) is 0 Å². The highest BCUT2D eigenvalue weighted by molar-refractivity contribution is 7.08. The molecule has 0 N–H and O–H groups in total. The second kappa shape index (κ2) is 5.71. The Morgan fingerprint density at radius 2 is 2.25 bits per heavy atom. The SMILES string of the molecule is O=C(/C=C/c1ccsc1)OCc1nc2ccccc2o1. The highest BCUT2D eigenvalue weighted by Gasteiger charge is 2.06. The minimum Gasteiger partial charge on any atom is -0.453 e. The number of oxazole rings is 1. The van der Waals surface area contributed by atoms with E-state index in [-0.39, 0.29) is 6.61 Å². The molecule has 2 heterocycles. The number of benzene rings is 1. The minimum absolute atomic E-state index is 0.0293. The maximum absolute atomic E-state index is 11.6. The Hall–Kier alpha value is -2.40. The fourth-order valence-corrected chi connectivity index (χ4v) is 2.33. The van der Waals surface area contributed by atoms with Crippen molar-refractivity contribution in [1.82, 2.24) is 4.98 Å². The quantitative estimate of drug-likeness (QED) is 0.542. The third-order valence-corrected chi connectivity index (χ3v) is 3.33. The zero-order valence-corrected chi connectivity index (χ0v) is 11.3. The molecule has 0 radical (unpaired) electrons. The normalized spacial score (nSPS) is 11.2. The predicted molar refractivity (Wildman–Crippen MR) is 77.2 cm³/mol. The molecule has 2 aromatic heterocycles. The highest BCUT2D eigenvalue weighted by Crippen LogP contribution is 2.15. The molecule has 0 unspecified atom stereocenters. The molecule has 0 saturated carbocycles. The van der Waals surface area contributed by atoms with Gasteiger partial charge in [0.2, 0.25) is 5.89 Å². The number of esters is 1. The van der Waals surface area contributed by atoms with E-state index in [9.17, 15) is 4.79 Å². The van der Waals surface area contributed by atoms with Gasteiger partial charge in [0.15, 0.2) is 12.2 Å². The molecule has 3 aromatic rings. The van der Waals surface area contributed by atoms with Crippen LogP contribution < -0.4 is 0 Å². The van der Waals surface area contributed by atoms with Crippen molar-refractivity contribution >= 4 is 34.5 Å². The van der Waals surface area contributed by atoms with Crippen molar-refractivity contribution in [3.05, 3.63) is 58.6 Å². The lowest BCUT2D eigenvalue weighted by Crippen LogP contribution is -2.00. The monoisotopic (exact) mass is 285 g/mol. The van der Waals surface area contributed by atoms with Crippen LogP contribution in [0.3, 0.4) is 0 Å². The van der Waals surface area contributed by atoms with Crippen molar-refractivity contribution in [3.8, 4) is 0 Å². The van der Waals surface area contributed by atoms with Crippen LogP contribution in [-0.4, -0.2) is 11.0 Å². The van der Waals surface area contributed by atoms with Crippen molar-refractivity contribution in [1.29, 1.82) is 0 Å². The number of hydrogen-bond donors (Lipinski definition) is 0. The van der Waals surface area contributed by atoms with Gasteiger partial charge >= 0.3 is 5.97 Å². The summed E-state index contributed by atoms with van der Waals surface area (Å²) in [6, 6.07) is 9.34. The largest absolute Gasteiger partial charge is 0.453 e. The van der Waals surface area contributed by atoms with Gasteiger partial charge < -0.3 is 9.15 Å². The number of rotatable bonds is 4. The number of carbonyl (C=O) groups excluding carboxylic acids is 1. The summed E-state index contributed by atoms with van der Waals surface area (Å²) in [5.41, 5.74) is 2.42. The molecule has 0 spiro atoms. The summed E-state index contributed by atoms with van der Waals surface area (Å²) in [5.74, 6) is -0.0260. The molecule has 0 amide bonds. The number of aromatic nitrogens is 1. The first kappa shape index (κ1) is 12.6. The molecule has 100 valence electrons. The molecule has 0 atom stereocenters.